The van der Waals surface area contributed by atoms with Crippen molar-refractivity contribution in [3.63, 3.8) is 0 Å². The highest BCUT2D eigenvalue weighted by Gasteiger charge is 2.24. The molecule has 1 atom stereocenters. The van der Waals surface area contributed by atoms with Gasteiger partial charge in [-0.1, -0.05) is 48.7 Å². The smallest absolute Gasteiger partial charge is 0.340 e. The molecular weight excluding hydrogens is 682 g/mol. The molecule has 5 aromatic rings. The van der Waals surface area contributed by atoms with Crippen LogP contribution in [0.25, 0.3) is 32.8 Å². The number of hydrogen-bond acceptors (Lipinski definition) is 8. The second kappa shape index (κ2) is 15.1. The molecule has 0 aliphatic heterocycles. The lowest BCUT2D eigenvalue weighted by Crippen LogP contribution is -2.43. The maximum Gasteiger partial charge on any atom is 0.340 e. The Kier molecular flexibility index (Phi) is 11.6. The number of hydrogen-bond donors (Lipinski definition) is 1. The van der Waals surface area contributed by atoms with Crippen LogP contribution in [0.3, 0.4) is 0 Å². The van der Waals surface area contributed by atoms with E-state index in [0.29, 0.717) is 28.7 Å². The van der Waals surface area contributed by atoms with Gasteiger partial charge in [0.25, 0.3) is 5.56 Å². The number of benzene rings is 2. The zero-order valence-electron chi connectivity index (χ0n) is 27.6. The summed E-state index contributed by atoms with van der Waals surface area (Å²) in [5, 5.41) is 2.26. The largest absolute Gasteiger partial charge is 0.495 e. The van der Waals surface area contributed by atoms with Crippen LogP contribution in [0.2, 0.25) is 15.2 Å². The number of rotatable bonds is 8. The molecule has 0 saturated carbocycles. The SMILES string of the molecule is COC(=O)c1c(-c2ccnc(Cl)c2F)ccc(OC)c1Cl.Cc1nccc2c3ccc(OC[C@@](C)(N)CC(C)C)c(Cl)c3c(=O)n(C)c12. The molecule has 0 spiro atoms. The summed E-state index contributed by atoms with van der Waals surface area (Å²) in [4.78, 5) is 32.9. The maximum absolute atomic E-state index is 14.1. The molecule has 0 radical (unpaired) electrons. The van der Waals surface area contributed by atoms with Gasteiger partial charge in [-0.15, -0.1) is 0 Å². The summed E-state index contributed by atoms with van der Waals surface area (Å²) in [5.41, 5.74) is 7.66. The Bertz CT molecular complexity index is 2070. The molecule has 0 fully saturated rings. The number of fused-ring (bicyclic) bond motifs is 3. The van der Waals surface area contributed by atoms with Crippen LogP contribution < -0.4 is 20.8 Å². The van der Waals surface area contributed by atoms with E-state index in [0.717, 1.165) is 28.4 Å². The van der Waals surface area contributed by atoms with Gasteiger partial charge in [0.2, 0.25) is 0 Å². The van der Waals surface area contributed by atoms with Gasteiger partial charge in [0.1, 0.15) is 18.1 Å². The lowest BCUT2D eigenvalue weighted by atomic mass is 9.93. The molecule has 3 heterocycles. The van der Waals surface area contributed by atoms with Crippen LogP contribution >= 0.6 is 34.8 Å². The monoisotopic (exact) mass is 716 g/mol. The van der Waals surface area contributed by atoms with E-state index < -0.39 is 17.3 Å². The van der Waals surface area contributed by atoms with E-state index in [1.54, 1.807) is 17.8 Å². The summed E-state index contributed by atoms with van der Waals surface area (Å²) < 4.78 is 31.4. The van der Waals surface area contributed by atoms with Crippen LogP contribution in [0, 0.1) is 18.7 Å². The summed E-state index contributed by atoms with van der Waals surface area (Å²) in [6.07, 6.45) is 3.91. The first-order chi connectivity index (χ1) is 22.6. The summed E-state index contributed by atoms with van der Waals surface area (Å²) >= 11 is 18.4. The van der Waals surface area contributed by atoms with Gasteiger partial charge in [-0.3, -0.25) is 9.78 Å². The molecule has 0 aliphatic carbocycles. The van der Waals surface area contributed by atoms with Crippen LogP contribution in [-0.4, -0.2) is 46.9 Å². The molecule has 2 aromatic carbocycles. The highest BCUT2D eigenvalue weighted by molar-refractivity contribution is 6.38. The van der Waals surface area contributed by atoms with E-state index in [-0.39, 0.29) is 38.2 Å². The van der Waals surface area contributed by atoms with Crippen molar-refractivity contribution in [1.82, 2.24) is 14.5 Å². The minimum Gasteiger partial charge on any atom is -0.495 e. The third-order valence-electron chi connectivity index (χ3n) is 7.64. The second-order valence-corrected chi connectivity index (χ2v) is 13.1. The first-order valence-electron chi connectivity index (χ1n) is 14.9. The molecule has 0 aliphatic rings. The van der Waals surface area contributed by atoms with Crippen LogP contribution in [0.4, 0.5) is 4.39 Å². The van der Waals surface area contributed by atoms with Crippen molar-refractivity contribution < 1.29 is 23.4 Å². The topological polar surface area (TPSA) is 119 Å². The van der Waals surface area contributed by atoms with Gasteiger partial charge in [-0.05, 0) is 68.0 Å². The van der Waals surface area contributed by atoms with Crippen LogP contribution in [0.15, 0.2) is 53.6 Å². The van der Waals surface area contributed by atoms with Gasteiger partial charge in [-0.2, -0.15) is 0 Å². The third-order valence-corrected chi connectivity index (χ3v) is 8.66. The molecule has 3 aromatic heterocycles. The molecule has 2 N–H and O–H groups in total. The minimum atomic E-state index is -0.745. The fourth-order valence-corrected chi connectivity index (χ4v) is 6.45. The summed E-state index contributed by atoms with van der Waals surface area (Å²) in [7, 11) is 4.35. The Morgan fingerprint density at radius 2 is 1.65 bits per heavy atom. The molecule has 254 valence electrons. The van der Waals surface area contributed by atoms with Crippen molar-refractivity contribution in [2.45, 2.75) is 39.7 Å². The highest BCUT2D eigenvalue weighted by atomic mass is 35.5. The molecule has 48 heavy (non-hydrogen) atoms. The summed E-state index contributed by atoms with van der Waals surface area (Å²) in [5.74, 6) is -0.230. The van der Waals surface area contributed by atoms with Gasteiger partial charge < -0.3 is 24.5 Å². The van der Waals surface area contributed by atoms with E-state index in [2.05, 4.69) is 23.8 Å². The van der Waals surface area contributed by atoms with Crippen LogP contribution in [-0.2, 0) is 11.8 Å². The van der Waals surface area contributed by atoms with Crippen molar-refractivity contribution in [2.24, 2.45) is 18.7 Å². The Hall–Kier alpha value is -3.96. The van der Waals surface area contributed by atoms with E-state index >= 15 is 0 Å². The molecule has 9 nitrogen and oxygen atoms in total. The van der Waals surface area contributed by atoms with Gasteiger partial charge in [-0.25, -0.2) is 14.2 Å². The zero-order chi connectivity index (χ0) is 35.5. The first-order valence-corrected chi connectivity index (χ1v) is 16.0. The Morgan fingerprint density at radius 3 is 2.29 bits per heavy atom. The molecule has 0 bridgehead atoms. The second-order valence-electron chi connectivity index (χ2n) is 12.0. The first kappa shape index (κ1) is 36.9. The molecular formula is C35H36Cl3FN4O5. The maximum atomic E-state index is 14.1. The van der Waals surface area contributed by atoms with Gasteiger partial charge in [0, 0.05) is 41.5 Å². The van der Waals surface area contributed by atoms with Crippen molar-refractivity contribution >= 4 is 62.4 Å². The standard InChI is InChI=1S/C21H26ClN3O2.C14H10Cl2FNO3/c1-12(2)10-21(4,23)11-27-16-7-6-14-15-8-9-24-13(3)19(15)25(5)20(26)17(14)18(16)22;1-20-9-4-3-7(10(11(9)15)14(19)21-2)8-5-6-18-13(16)12(8)17/h6-9,12H,10-11,23H2,1-5H3;3-6H,1-2H3/t21-;/m0./s1. The quantitative estimate of drug-likeness (QED) is 0.0970. The van der Waals surface area contributed by atoms with E-state index in [4.69, 9.17) is 54.7 Å². The van der Waals surface area contributed by atoms with E-state index in [9.17, 15) is 14.0 Å². The summed E-state index contributed by atoms with van der Waals surface area (Å²) in [6, 6.07) is 10.0. The van der Waals surface area contributed by atoms with Crippen LogP contribution in [0.1, 0.15) is 43.2 Å². The lowest BCUT2D eigenvalue weighted by Gasteiger charge is -2.27. The van der Waals surface area contributed by atoms with E-state index in [1.807, 2.05) is 32.0 Å². The molecule has 0 amide bonds. The molecule has 0 unspecified atom stereocenters. The number of methoxy groups -OCH3 is 2. The number of pyridine rings is 3. The van der Waals surface area contributed by atoms with Gasteiger partial charge >= 0.3 is 5.97 Å². The minimum absolute atomic E-state index is 0.000293. The molecule has 5 rings (SSSR count). The van der Waals surface area contributed by atoms with Crippen molar-refractivity contribution in [2.75, 3.05) is 20.8 Å². The normalized spacial score (nSPS) is 12.4. The Morgan fingerprint density at radius 1 is 0.979 bits per heavy atom. The summed E-state index contributed by atoms with van der Waals surface area (Å²) in [6.45, 7) is 8.43. The third kappa shape index (κ3) is 7.52. The Balaban J connectivity index is 0.000000224. The van der Waals surface area contributed by atoms with Gasteiger partial charge in [0.15, 0.2) is 11.0 Å². The number of aryl methyl sites for hydroxylation is 2. The zero-order valence-corrected chi connectivity index (χ0v) is 29.9. The molecule has 0 saturated heterocycles. The number of halogens is 4. The number of aromatic nitrogens is 3. The predicted octanol–water partition coefficient (Wildman–Crippen LogP) is 8.18. The number of carbonyl (C=O) groups is 1. The Labute approximate surface area is 292 Å². The van der Waals surface area contributed by atoms with Crippen molar-refractivity contribution in [3.05, 3.63) is 91.4 Å². The number of carbonyl (C=O) groups excluding carboxylic acids is 1. The number of ether oxygens (including phenoxy) is 3. The van der Waals surface area contributed by atoms with Crippen molar-refractivity contribution in [1.29, 1.82) is 0 Å². The molecule has 13 heteroatoms. The number of esters is 1. The predicted molar refractivity (Wildman–Crippen MR) is 189 cm³/mol. The van der Waals surface area contributed by atoms with E-state index in [1.165, 1.54) is 38.6 Å². The van der Waals surface area contributed by atoms with Crippen LogP contribution in [0.5, 0.6) is 11.5 Å². The van der Waals surface area contributed by atoms with Crippen molar-refractivity contribution in [3.8, 4) is 22.6 Å². The fourth-order valence-electron chi connectivity index (χ4n) is 5.67. The fraction of sp³-hybridized carbons (Fsp3) is 0.314. The number of nitrogens with zero attached hydrogens (tertiary/aromatic N) is 3. The lowest BCUT2D eigenvalue weighted by molar-refractivity contribution is 0.0601. The van der Waals surface area contributed by atoms with Gasteiger partial charge in [0.05, 0.1) is 46.4 Å². The average molecular weight is 718 g/mol. The average Bonchev–Trinajstić information content (AvgIpc) is 3.03. The highest BCUT2D eigenvalue weighted by Crippen LogP contribution is 2.38. The number of nitrogens with two attached hydrogens (primary N) is 1.